The Kier molecular flexibility index (Phi) is 4.86. The second-order valence-electron chi connectivity index (χ2n) is 7.42. The molecule has 0 bridgehead atoms. The normalized spacial score (nSPS) is 28.5. The molecule has 4 rings (SSSR count). The highest BCUT2D eigenvalue weighted by molar-refractivity contribution is 5.92. The fourth-order valence-corrected chi connectivity index (χ4v) is 4.29. The van der Waals surface area contributed by atoms with Crippen LogP contribution in [0.15, 0.2) is 10.6 Å². The third kappa shape index (κ3) is 3.55. The Labute approximate surface area is 157 Å². The first kappa shape index (κ1) is 18.0. The Hall–Kier alpha value is -2.42. The molecule has 2 aliphatic heterocycles. The van der Waals surface area contributed by atoms with E-state index in [1.807, 2.05) is 0 Å². The Morgan fingerprint density at radius 1 is 1.30 bits per heavy atom. The third-order valence-corrected chi connectivity index (χ3v) is 5.63. The van der Waals surface area contributed by atoms with Gasteiger partial charge in [-0.3, -0.25) is 14.4 Å². The van der Waals surface area contributed by atoms with Crippen LogP contribution in [0.5, 0.6) is 0 Å². The van der Waals surface area contributed by atoms with Crippen molar-refractivity contribution in [3.8, 4) is 0 Å². The van der Waals surface area contributed by atoms with E-state index in [2.05, 4.69) is 10.5 Å². The zero-order valence-electron chi connectivity index (χ0n) is 15.3. The molecule has 1 saturated carbocycles. The van der Waals surface area contributed by atoms with Crippen LogP contribution in [0.2, 0.25) is 0 Å². The predicted molar refractivity (Wildman–Crippen MR) is 92.7 cm³/mol. The largest absolute Gasteiger partial charge is 0.374 e. The van der Waals surface area contributed by atoms with Gasteiger partial charge in [-0.05, 0) is 26.2 Å². The van der Waals surface area contributed by atoms with Gasteiger partial charge in [0.1, 0.15) is 5.76 Å². The quantitative estimate of drug-likeness (QED) is 0.776. The molecule has 1 N–H and O–H groups in total. The second-order valence-corrected chi connectivity index (χ2v) is 7.42. The van der Waals surface area contributed by atoms with E-state index < -0.39 is 0 Å². The third-order valence-electron chi connectivity index (χ3n) is 5.63. The molecule has 146 valence electrons. The first-order valence-corrected chi connectivity index (χ1v) is 9.44. The van der Waals surface area contributed by atoms with Gasteiger partial charge in [0.05, 0.1) is 25.3 Å². The fourth-order valence-electron chi connectivity index (χ4n) is 4.29. The summed E-state index contributed by atoms with van der Waals surface area (Å²) in [6.45, 7) is 3.83. The lowest BCUT2D eigenvalue weighted by Gasteiger charge is -2.46. The number of hydrogen-bond acceptors (Lipinski definition) is 6. The number of morpholine rings is 1. The van der Waals surface area contributed by atoms with Crippen molar-refractivity contribution in [1.82, 2.24) is 20.3 Å². The summed E-state index contributed by atoms with van der Waals surface area (Å²) < 4.78 is 10.9. The summed E-state index contributed by atoms with van der Waals surface area (Å²) in [4.78, 5) is 40.8. The van der Waals surface area contributed by atoms with Gasteiger partial charge < -0.3 is 24.4 Å². The van der Waals surface area contributed by atoms with Crippen molar-refractivity contribution in [2.24, 2.45) is 5.92 Å². The van der Waals surface area contributed by atoms with E-state index in [4.69, 9.17) is 9.26 Å². The highest BCUT2D eigenvalue weighted by atomic mass is 16.5. The minimum Gasteiger partial charge on any atom is -0.374 e. The molecule has 3 atom stereocenters. The highest BCUT2D eigenvalue weighted by Gasteiger charge is 2.43. The van der Waals surface area contributed by atoms with Crippen LogP contribution in [-0.2, 0) is 14.3 Å². The van der Waals surface area contributed by atoms with Gasteiger partial charge in [-0.2, -0.15) is 0 Å². The molecule has 1 aromatic rings. The Morgan fingerprint density at radius 3 is 2.89 bits per heavy atom. The summed E-state index contributed by atoms with van der Waals surface area (Å²) in [6, 6.07) is 1.47. The van der Waals surface area contributed by atoms with Gasteiger partial charge in [0.15, 0.2) is 5.69 Å². The molecule has 3 heterocycles. The Morgan fingerprint density at radius 2 is 2.15 bits per heavy atom. The van der Waals surface area contributed by atoms with Crippen LogP contribution in [0.3, 0.4) is 0 Å². The molecule has 0 aromatic carbocycles. The van der Waals surface area contributed by atoms with Crippen molar-refractivity contribution < 1.29 is 23.6 Å². The number of fused-ring (bicyclic) bond motifs is 1. The molecular formula is C18H24N4O5. The second kappa shape index (κ2) is 7.30. The number of carbonyl (C=O) groups excluding carboxylic acids is 3. The molecule has 2 saturated heterocycles. The van der Waals surface area contributed by atoms with E-state index in [9.17, 15) is 14.4 Å². The topological polar surface area (TPSA) is 105 Å². The van der Waals surface area contributed by atoms with Crippen LogP contribution in [0, 0.1) is 12.8 Å². The summed E-state index contributed by atoms with van der Waals surface area (Å²) in [5.74, 6) is 0.0769. The molecule has 9 nitrogen and oxygen atoms in total. The van der Waals surface area contributed by atoms with Gasteiger partial charge in [0.2, 0.25) is 11.8 Å². The number of nitrogens with one attached hydrogen (secondary N) is 1. The average Bonchev–Trinajstić information content (AvgIpc) is 3.12. The number of amides is 3. The Bertz CT molecular complexity index is 748. The van der Waals surface area contributed by atoms with Crippen LogP contribution in [0.4, 0.5) is 0 Å². The van der Waals surface area contributed by atoms with Crippen molar-refractivity contribution in [3.05, 3.63) is 17.5 Å². The number of nitrogens with zero attached hydrogens (tertiary/aromatic N) is 3. The monoisotopic (exact) mass is 376 g/mol. The van der Waals surface area contributed by atoms with Gasteiger partial charge in [-0.1, -0.05) is 5.16 Å². The van der Waals surface area contributed by atoms with E-state index in [1.54, 1.807) is 22.8 Å². The van der Waals surface area contributed by atoms with E-state index in [-0.39, 0.29) is 48.0 Å². The number of aromatic nitrogens is 1. The van der Waals surface area contributed by atoms with Crippen molar-refractivity contribution >= 4 is 17.7 Å². The SMILES string of the molecule is Cc1cc(C(=O)N2CCO[C@@H]3CC[C@H](C(=O)N4CCNC(=O)C4)C[C@H]32)no1. The molecule has 0 spiro atoms. The van der Waals surface area contributed by atoms with Gasteiger partial charge in [0, 0.05) is 31.6 Å². The van der Waals surface area contributed by atoms with Gasteiger partial charge in [0.25, 0.3) is 5.91 Å². The number of carbonyl (C=O) groups is 3. The van der Waals surface area contributed by atoms with E-state index in [0.29, 0.717) is 44.8 Å². The minimum absolute atomic E-state index is 0.00134. The first-order chi connectivity index (χ1) is 13.0. The smallest absolute Gasteiger partial charge is 0.276 e. The summed E-state index contributed by atoms with van der Waals surface area (Å²) in [5.41, 5.74) is 0.286. The van der Waals surface area contributed by atoms with Gasteiger partial charge in [-0.25, -0.2) is 0 Å². The fraction of sp³-hybridized carbons (Fsp3) is 0.667. The van der Waals surface area contributed by atoms with Crippen LogP contribution in [-0.4, -0.2) is 77.6 Å². The predicted octanol–water partition coefficient (Wildman–Crippen LogP) is -0.0489. The molecule has 1 aliphatic carbocycles. The maximum Gasteiger partial charge on any atom is 0.276 e. The van der Waals surface area contributed by atoms with E-state index in [1.165, 1.54) is 0 Å². The molecule has 1 aromatic heterocycles. The van der Waals surface area contributed by atoms with Gasteiger partial charge >= 0.3 is 0 Å². The summed E-state index contributed by atoms with van der Waals surface area (Å²) in [5, 5.41) is 6.57. The van der Waals surface area contributed by atoms with Crippen LogP contribution >= 0.6 is 0 Å². The van der Waals surface area contributed by atoms with Crippen molar-refractivity contribution in [1.29, 1.82) is 0 Å². The zero-order valence-corrected chi connectivity index (χ0v) is 15.3. The number of piperazine rings is 1. The van der Waals surface area contributed by atoms with E-state index in [0.717, 1.165) is 6.42 Å². The molecule has 9 heteroatoms. The molecule has 27 heavy (non-hydrogen) atoms. The lowest BCUT2D eigenvalue weighted by Crippen LogP contribution is -2.58. The number of hydrogen-bond donors (Lipinski definition) is 1. The lowest BCUT2D eigenvalue weighted by molar-refractivity contribution is -0.146. The van der Waals surface area contributed by atoms with Crippen molar-refractivity contribution in [3.63, 3.8) is 0 Å². The molecule has 3 amide bonds. The minimum atomic E-state index is -0.201. The van der Waals surface area contributed by atoms with Crippen LogP contribution in [0.25, 0.3) is 0 Å². The van der Waals surface area contributed by atoms with E-state index >= 15 is 0 Å². The number of aryl methyl sites for hydroxylation is 1. The van der Waals surface area contributed by atoms with Crippen LogP contribution in [0.1, 0.15) is 35.5 Å². The zero-order chi connectivity index (χ0) is 19.0. The van der Waals surface area contributed by atoms with Gasteiger partial charge in [-0.15, -0.1) is 0 Å². The van der Waals surface area contributed by atoms with Crippen molar-refractivity contribution in [2.75, 3.05) is 32.8 Å². The average molecular weight is 376 g/mol. The Balaban J connectivity index is 1.48. The number of ether oxygens (including phenoxy) is 1. The molecule has 3 fully saturated rings. The first-order valence-electron chi connectivity index (χ1n) is 9.44. The summed E-state index contributed by atoms with van der Waals surface area (Å²) in [7, 11) is 0. The van der Waals surface area contributed by atoms with Crippen LogP contribution < -0.4 is 5.32 Å². The maximum absolute atomic E-state index is 12.9. The number of rotatable bonds is 2. The van der Waals surface area contributed by atoms with Crippen molar-refractivity contribution in [2.45, 2.75) is 38.3 Å². The molecular weight excluding hydrogens is 352 g/mol. The summed E-state index contributed by atoms with van der Waals surface area (Å²) >= 11 is 0. The lowest BCUT2D eigenvalue weighted by atomic mass is 9.81. The highest BCUT2D eigenvalue weighted by Crippen LogP contribution is 2.34. The molecule has 0 unspecified atom stereocenters. The summed E-state index contributed by atoms with van der Waals surface area (Å²) in [6.07, 6.45) is 1.92. The standard InChI is InChI=1S/C18H24N4O5/c1-11-8-13(20-27-11)18(25)22-6-7-26-15-3-2-12(9-14(15)22)17(24)21-5-4-19-16(23)10-21/h8,12,14-15H,2-7,9-10H2,1H3,(H,19,23)/t12-,14+,15+/m0/s1. The molecule has 3 aliphatic rings. The molecule has 0 radical (unpaired) electrons. The maximum atomic E-state index is 12.9.